The van der Waals surface area contributed by atoms with Crippen LogP contribution in [0.2, 0.25) is 0 Å². The fraction of sp³-hybridized carbons (Fsp3) is 0.625. The molecule has 1 aliphatic heterocycles. The quantitative estimate of drug-likeness (QED) is 0.452. The van der Waals surface area contributed by atoms with Crippen LogP contribution in [-0.4, -0.2) is 45.3 Å². The Morgan fingerprint density at radius 3 is 2.30 bits per heavy atom. The van der Waals surface area contributed by atoms with E-state index in [1.807, 2.05) is 51.1 Å². The number of hydrogen-bond acceptors (Lipinski definition) is 3. The van der Waals surface area contributed by atoms with Gasteiger partial charge in [-0.05, 0) is 39.7 Å². The Morgan fingerprint density at radius 2 is 1.70 bits per heavy atom. The molecule has 0 bridgehead atoms. The summed E-state index contributed by atoms with van der Waals surface area (Å²) in [6.45, 7) is 10.0. The summed E-state index contributed by atoms with van der Waals surface area (Å²) in [6.07, 6.45) is 6.00. The van der Waals surface area contributed by atoms with Gasteiger partial charge in [-0.25, -0.2) is 4.79 Å². The Bertz CT molecular complexity index is 742. The average molecular weight is 416 g/mol. The molecule has 1 aromatic rings. The summed E-state index contributed by atoms with van der Waals surface area (Å²) in [4.78, 5) is 41.5. The predicted molar refractivity (Wildman–Crippen MR) is 119 cm³/mol. The number of nitrogens with zero attached hydrogens (tertiary/aromatic N) is 2. The number of carbonyl (C=O) groups is 3. The van der Waals surface area contributed by atoms with E-state index in [2.05, 4.69) is 12.2 Å². The monoisotopic (exact) mass is 415 g/mol. The van der Waals surface area contributed by atoms with Gasteiger partial charge in [0.1, 0.15) is 12.1 Å². The fourth-order valence-electron chi connectivity index (χ4n) is 3.83. The minimum Gasteiger partial charge on any atom is -0.332 e. The second kappa shape index (κ2) is 10.1. The van der Waals surface area contributed by atoms with E-state index in [0.29, 0.717) is 13.0 Å². The summed E-state index contributed by atoms with van der Waals surface area (Å²) in [5, 5.41) is 2.82. The van der Waals surface area contributed by atoms with Crippen LogP contribution in [0.1, 0.15) is 78.7 Å². The molecule has 1 atom stereocenters. The van der Waals surface area contributed by atoms with Crippen molar-refractivity contribution in [3.63, 3.8) is 0 Å². The van der Waals surface area contributed by atoms with E-state index < -0.39 is 17.1 Å². The molecule has 1 aromatic carbocycles. The summed E-state index contributed by atoms with van der Waals surface area (Å²) in [5.41, 5.74) is -0.348. The first kappa shape index (κ1) is 23.9. The molecular weight excluding hydrogens is 378 g/mol. The van der Waals surface area contributed by atoms with Crippen molar-refractivity contribution < 1.29 is 14.4 Å². The van der Waals surface area contributed by atoms with Crippen molar-refractivity contribution in [1.29, 1.82) is 0 Å². The standard InChI is InChI=1S/C24H37N3O3/c1-6-7-8-9-13-16-24(5)21(29)26(22(30)25-24)18-20(28)27(23(2,3)4)17-19-14-11-10-12-15-19/h10-12,14-15H,6-9,13,16-18H2,1-5H3,(H,25,30). The third-order valence-electron chi connectivity index (χ3n) is 5.71. The van der Waals surface area contributed by atoms with E-state index in [1.165, 1.54) is 6.42 Å². The molecule has 1 heterocycles. The molecule has 6 nitrogen and oxygen atoms in total. The summed E-state index contributed by atoms with van der Waals surface area (Å²) < 4.78 is 0. The van der Waals surface area contributed by atoms with Crippen molar-refractivity contribution in [1.82, 2.24) is 15.1 Å². The number of rotatable bonds is 10. The summed E-state index contributed by atoms with van der Waals surface area (Å²) in [5.74, 6) is -0.535. The highest BCUT2D eigenvalue weighted by Crippen LogP contribution is 2.25. The molecule has 2 rings (SSSR count). The third kappa shape index (κ3) is 6.07. The zero-order valence-corrected chi connectivity index (χ0v) is 19.2. The van der Waals surface area contributed by atoms with Crippen molar-refractivity contribution in [2.45, 2.75) is 90.8 Å². The fourth-order valence-corrected chi connectivity index (χ4v) is 3.83. The highest BCUT2D eigenvalue weighted by molar-refractivity contribution is 6.08. The van der Waals surface area contributed by atoms with Crippen molar-refractivity contribution in [2.75, 3.05) is 6.54 Å². The summed E-state index contributed by atoms with van der Waals surface area (Å²) in [7, 11) is 0. The van der Waals surface area contributed by atoms with Gasteiger partial charge >= 0.3 is 6.03 Å². The molecule has 0 aromatic heterocycles. The molecule has 166 valence electrons. The van der Waals surface area contributed by atoms with Crippen molar-refractivity contribution in [3.8, 4) is 0 Å². The maximum absolute atomic E-state index is 13.1. The third-order valence-corrected chi connectivity index (χ3v) is 5.71. The molecule has 0 radical (unpaired) electrons. The van der Waals surface area contributed by atoms with Gasteiger partial charge in [0.05, 0.1) is 0 Å². The Balaban J connectivity index is 2.04. The Hall–Kier alpha value is -2.37. The van der Waals surface area contributed by atoms with Crippen LogP contribution in [-0.2, 0) is 16.1 Å². The van der Waals surface area contributed by atoms with Gasteiger partial charge in [-0.15, -0.1) is 0 Å². The van der Waals surface area contributed by atoms with Crippen molar-refractivity contribution in [3.05, 3.63) is 35.9 Å². The molecule has 0 spiro atoms. The number of amides is 4. The lowest BCUT2D eigenvalue weighted by Crippen LogP contribution is -2.50. The minimum absolute atomic E-state index is 0.234. The van der Waals surface area contributed by atoms with E-state index in [4.69, 9.17) is 0 Å². The van der Waals surface area contributed by atoms with Crippen LogP contribution in [0.5, 0.6) is 0 Å². The van der Waals surface area contributed by atoms with Gasteiger partial charge in [-0.1, -0.05) is 69.4 Å². The number of benzene rings is 1. The van der Waals surface area contributed by atoms with Crippen LogP contribution in [0, 0.1) is 0 Å². The molecule has 4 amide bonds. The van der Waals surface area contributed by atoms with E-state index in [9.17, 15) is 14.4 Å². The molecule has 1 N–H and O–H groups in total. The van der Waals surface area contributed by atoms with Crippen molar-refractivity contribution in [2.24, 2.45) is 0 Å². The first-order chi connectivity index (χ1) is 14.1. The van der Waals surface area contributed by atoms with Gasteiger partial charge in [0.25, 0.3) is 5.91 Å². The summed E-state index contributed by atoms with van der Waals surface area (Å²) in [6, 6.07) is 9.26. The molecule has 1 saturated heterocycles. The predicted octanol–water partition coefficient (Wildman–Crippen LogP) is 4.48. The Morgan fingerprint density at radius 1 is 1.07 bits per heavy atom. The molecule has 0 saturated carbocycles. The van der Waals surface area contributed by atoms with Gasteiger partial charge in [-0.2, -0.15) is 0 Å². The van der Waals surface area contributed by atoms with Gasteiger partial charge in [0.2, 0.25) is 5.91 Å². The summed E-state index contributed by atoms with van der Waals surface area (Å²) >= 11 is 0. The van der Waals surface area contributed by atoms with E-state index in [1.54, 1.807) is 11.8 Å². The van der Waals surface area contributed by atoms with Gasteiger partial charge < -0.3 is 10.2 Å². The SMILES string of the molecule is CCCCCCCC1(C)NC(=O)N(CC(=O)N(Cc2ccccc2)C(C)(C)C)C1=O. The van der Waals surface area contributed by atoms with Crippen LogP contribution < -0.4 is 5.32 Å². The molecule has 0 aliphatic carbocycles. The molecule has 1 fully saturated rings. The Labute approximate surface area is 181 Å². The lowest BCUT2D eigenvalue weighted by atomic mass is 9.94. The maximum Gasteiger partial charge on any atom is 0.325 e. The zero-order valence-electron chi connectivity index (χ0n) is 19.2. The zero-order chi connectivity index (χ0) is 22.4. The largest absolute Gasteiger partial charge is 0.332 e. The number of hydrogen-bond donors (Lipinski definition) is 1. The van der Waals surface area contributed by atoms with E-state index >= 15 is 0 Å². The second-order valence-corrected chi connectivity index (χ2v) is 9.45. The molecule has 6 heteroatoms. The highest BCUT2D eigenvalue weighted by Gasteiger charge is 2.48. The molecule has 1 unspecified atom stereocenters. The number of nitrogens with one attached hydrogen (secondary N) is 1. The molecule has 1 aliphatic rings. The van der Waals surface area contributed by atoms with E-state index in [-0.39, 0.29) is 18.4 Å². The average Bonchev–Trinajstić information content (AvgIpc) is 2.89. The van der Waals surface area contributed by atoms with Crippen LogP contribution in [0.15, 0.2) is 30.3 Å². The topological polar surface area (TPSA) is 69.7 Å². The highest BCUT2D eigenvalue weighted by atomic mass is 16.2. The van der Waals surface area contributed by atoms with Gasteiger partial charge in [0.15, 0.2) is 0 Å². The lowest BCUT2D eigenvalue weighted by molar-refractivity contribution is -0.142. The van der Waals surface area contributed by atoms with Gasteiger partial charge in [-0.3, -0.25) is 14.5 Å². The first-order valence-electron chi connectivity index (χ1n) is 11.1. The number of unbranched alkanes of at least 4 members (excludes halogenated alkanes) is 4. The van der Waals surface area contributed by atoms with Crippen molar-refractivity contribution >= 4 is 17.8 Å². The van der Waals surface area contributed by atoms with Gasteiger partial charge in [0, 0.05) is 12.1 Å². The molecular formula is C24H37N3O3. The first-order valence-corrected chi connectivity index (χ1v) is 11.1. The minimum atomic E-state index is -0.921. The van der Waals surface area contributed by atoms with Crippen LogP contribution >= 0.6 is 0 Å². The second-order valence-electron chi connectivity index (χ2n) is 9.45. The van der Waals surface area contributed by atoms with Crippen LogP contribution in [0.4, 0.5) is 4.79 Å². The number of imide groups is 1. The maximum atomic E-state index is 13.1. The number of urea groups is 1. The van der Waals surface area contributed by atoms with Crippen LogP contribution in [0.25, 0.3) is 0 Å². The lowest BCUT2D eigenvalue weighted by Gasteiger charge is -2.36. The number of carbonyl (C=O) groups excluding carboxylic acids is 3. The normalized spacial score (nSPS) is 19.2. The van der Waals surface area contributed by atoms with E-state index in [0.717, 1.165) is 36.1 Å². The van der Waals surface area contributed by atoms with Crippen LogP contribution in [0.3, 0.4) is 0 Å². The smallest absolute Gasteiger partial charge is 0.325 e. The Kier molecular flexibility index (Phi) is 8.04. The molecule has 30 heavy (non-hydrogen) atoms.